The number of aliphatic hydroxyl groups excluding tert-OH is 1. The fourth-order valence-corrected chi connectivity index (χ4v) is 3.03. The van der Waals surface area contributed by atoms with E-state index in [0.717, 1.165) is 0 Å². The second-order valence-corrected chi connectivity index (χ2v) is 6.09. The van der Waals surface area contributed by atoms with E-state index >= 15 is 0 Å². The summed E-state index contributed by atoms with van der Waals surface area (Å²) < 4.78 is 18.7. The van der Waals surface area contributed by atoms with Gasteiger partial charge in [-0.15, -0.1) is 0 Å². The molecule has 3 rings (SSSR count). The first-order chi connectivity index (χ1) is 12.9. The fraction of sp³-hybridized carbons (Fsp3) is 0.143. The lowest BCUT2D eigenvalue weighted by Gasteiger charge is -2.21. The van der Waals surface area contributed by atoms with Gasteiger partial charge in [-0.3, -0.25) is 9.59 Å². The number of hydrogen-bond acceptors (Lipinski definition) is 4. The number of halogens is 1. The van der Waals surface area contributed by atoms with E-state index in [-0.39, 0.29) is 16.9 Å². The minimum Gasteiger partial charge on any atom is -0.507 e. The molecule has 1 aliphatic heterocycles. The highest BCUT2D eigenvalue weighted by atomic mass is 19.1. The number of aliphatic hydroxyl groups is 1. The number of rotatable bonds is 5. The van der Waals surface area contributed by atoms with E-state index in [2.05, 4.69) is 6.58 Å². The topological polar surface area (TPSA) is 66.8 Å². The quantitative estimate of drug-likeness (QED) is 0.380. The standard InChI is InChI=1S/C21H18FNO4/c1-3-11-27-16-6-4-5-14(12-16)18-17(20(25)21(26)23(18)2)19(24)13-7-9-15(22)10-8-13/h3-10,12,18,24H,1,11H2,2H3/b19-17+. The van der Waals surface area contributed by atoms with Crippen molar-refractivity contribution in [2.45, 2.75) is 6.04 Å². The molecule has 27 heavy (non-hydrogen) atoms. The van der Waals surface area contributed by atoms with Crippen LogP contribution < -0.4 is 4.74 Å². The maximum Gasteiger partial charge on any atom is 0.295 e. The van der Waals surface area contributed by atoms with Crippen molar-refractivity contribution in [3.05, 3.63) is 83.7 Å². The van der Waals surface area contributed by atoms with Gasteiger partial charge in [-0.2, -0.15) is 0 Å². The van der Waals surface area contributed by atoms with Crippen LogP contribution in [0.1, 0.15) is 17.2 Å². The highest BCUT2D eigenvalue weighted by molar-refractivity contribution is 6.46. The van der Waals surface area contributed by atoms with E-state index in [0.29, 0.717) is 17.9 Å². The number of benzene rings is 2. The summed E-state index contributed by atoms with van der Waals surface area (Å²) in [5, 5.41) is 10.7. The Morgan fingerprint density at radius 3 is 2.63 bits per heavy atom. The number of nitrogens with zero attached hydrogens (tertiary/aromatic N) is 1. The van der Waals surface area contributed by atoms with Crippen LogP contribution >= 0.6 is 0 Å². The van der Waals surface area contributed by atoms with Crippen molar-refractivity contribution in [3.63, 3.8) is 0 Å². The Morgan fingerprint density at radius 2 is 1.96 bits per heavy atom. The monoisotopic (exact) mass is 367 g/mol. The van der Waals surface area contributed by atoms with E-state index in [1.165, 1.54) is 36.2 Å². The zero-order valence-corrected chi connectivity index (χ0v) is 14.7. The molecule has 138 valence electrons. The van der Waals surface area contributed by atoms with E-state index in [1.807, 2.05) is 0 Å². The molecule has 1 amide bonds. The highest BCUT2D eigenvalue weighted by Crippen LogP contribution is 2.39. The Labute approximate surface area is 156 Å². The van der Waals surface area contributed by atoms with Crippen LogP contribution in [0.3, 0.4) is 0 Å². The molecule has 0 aromatic heterocycles. The molecule has 0 radical (unpaired) electrons. The molecule has 1 heterocycles. The Morgan fingerprint density at radius 1 is 1.26 bits per heavy atom. The number of carbonyl (C=O) groups is 2. The molecule has 6 heteroatoms. The number of carbonyl (C=O) groups excluding carboxylic acids is 2. The Balaban J connectivity index is 2.10. The van der Waals surface area contributed by atoms with Crippen LogP contribution in [-0.4, -0.2) is 35.4 Å². The van der Waals surface area contributed by atoms with Gasteiger partial charge in [0.25, 0.3) is 11.7 Å². The zero-order valence-electron chi connectivity index (χ0n) is 14.7. The van der Waals surface area contributed by atoms with E-state index in [9.17, 15) is 19.1 Å². The highest BCUT2D eigenvalue weighted by Gasteiger charge is 2.44. The van der Waals surface area contributed by atoms with Crippen LogP contribution in [0.15, 0.2) is 66.8 Å². The van der Waals surface area contributed by atoms with Crippen LogP contribution in [0.5, 0.6) is 5.75 Å². The summed E-state index contributed by atoms with van der Waals surface area (Å²) in [6.07, 6.45) is 1.60. The summed E-state index contributed by atoms with van der Waals surface area (Å²) in [4.78, 5) is 26.1. The molecular weight excluding hydrogens is 349 g/mol. The molecule has 0 saturated carbocycles. The summed E-state index contributed by atoms with van der Waals surface area (Å²) in [7, 11) is 1.49. The van der Waals surface area contributed by atoms with Crippen LogP contribution in [0, 0.1) is 5.82 Å². The smallest absolute Gasteiger partial charge is 0.295 e. The molecule has 2 aromatic carbocycles. The largest absolute Gasteiger partial charge is 0.507 e. The van der Waals surface area contributed by atoms with Crippen LogP contribution in [-0.2, 0) is 9.59 Å². The number of hydrogen-bond donors (Lipinski definition) is 1. The van der Waals surface area contributed by atoms with Crippen molar-refractivity contribution < 1.29 is 23.8 Å². The van der Waals surface area contributed by atoms with Gasteiger partial charge in [0, 0.05) is 12.6 Å². The third-order valence-electron chi connectivity index (χ3n) is 4.33. The van der Waals surface area contributed by atoms with Crippen molar-refractivity contribution in [2.75, 3.05) is 13.7 Å². The van der Waals surface area contributed by atoms with Crippen molar-refractivity contribution in [3.8, 4) is 5.75 Å². The predicted molar refractivity (Wildman–Crippen MR) is 98.6 cm³/mol. The Bertz CT molecular complexity index is 933. The summed E-state index contributed by atoms with van der Waals surface area (Å²) in [6, 6.07) is 11.2. The van der Waals surface area contributed by atoms with Crippen LogP contribution in [0.2, 0.25) is 0 Å². The maximum absolute atomic E-state index is 13.2. The van der Waals surface area contributed by atoms with Gasteiger partial charge in [-0.25, -0.2) is 4.39 Å². The molecular formula is C21H18FNO4. The van der Waals surface area contributed by atoms with Gasteiger partial charge in [0.05, 0.1) is 11.6 Å². The van der Waals surface area contributed by atoms with Gasteiger partial charge in [0.15, 0.2) is 0 Å². The first-order valence-corrected chi connectivity index (χ1v) is 8.28. The van der Waals surface area contributed by atoms with Gasteiger partial charge in [0.2, 0.25) is 0 Å². The van der Waals surface area contributed by atoms with E-state index in [4.69, 9.17) is 4.74 Å². The van der Waals surface area contributed by atoms with Crippen molar-refractivity contribution in [1.82, 2.24) is 4.90 Å². The van der Waals surface area contributed by atoms with Gasteiger partial charge >= 0.3 is 0 Å². The molecule has 1 fully saturated rings. The van der Waals surface area contributed by atoms with Crippen LogP contribution in [0.4, 0.5) is 4.39 Å². The molecule has 5 nitrogen and oxygen atoms in total. The van der Waals surface area contributed by atoms with Crippen molar-refractivity contribution in [1.29, 1.82) is 0 Å². The normalized spacial score (nSPS) is 18.6. The minimum atomic E-state index is -0.790. The summed E-state index contributed by atoms with van der Waals surface area (Å²) in [6.45, 7) is 3.90. The molecule has 1 atom stereocenters. The number of amides is 1. The average molecular weight is 367 g/mol. The molecule has 1 saturated heterocycles. The number of Topliss-reactive ketones (excluding diaryl/α,β-unsaturated/α-hetero) is 1. The molecule has 1 unspecified atom stereocenters. The lowest BCUT2D eigenvalue weighted by molar-refractivity contribution is -0.139. The summed E-state index contributed by atoms with van der Waals surface area (Å²) >= 11 is 0. The van der Waals surface area contributed by atoms with Crippen molar-refractivity contribution >= 4 is 17.4 Å². The molecule has 0 bridgehead atoms. The lowest BCUT2D eigenvalue weighted by atomic mass is 9.95. The third kappa shape index (κ3) is 3.46. The Hall–Kier alpha value is -3.41. The Kier molecular flexibility index (Phi) is 5.07. The fourth-order valence-electron chi connectivity index (χ4n) is 3.03. The lowest BCUT2D eigenvalue weighted by Crippen LogP contribution is -2.24. The number of likely N-dealkylation sites (tertiary alicyclic amines) is 1. The minimum absolute atomic E-state index is 0.0463. The molecule has 2 aromatic rings. The summed E-state index contributed by atoms with van der Waals surface area (Å²) in [5.74, 6) is -1.78. The summed E-state index contributed by atoms with van der Waals surface area (Å²) in [5.41, 5.74) is 0.823. The SMILES string of the molecule is C=CCOc1cccc(C2/C(=C(\O)c3ccc(F)cc3)C(=O)C(=O)N2C)c1. The average Bonchev–Trinajstić information content (AvgIpc) is 2.90. The first kappa shape index (κ1) is 18.4. The predicted octanol–water partition coefficient (Wildman–Crippen LogP) is 3.44. The van der Waals surface area contributed by atoms with Crippen molar-refractivity contribution in [2.24, 2.45) is 0 Å². The number of ketones is 1. The van der Waals surface area contributed by atoms with E-state index in [1.54, 1.807) is 30.3 Å². The second-order valence-electron chi connectivity index (χ2n) is 6.09. The molecule has 0 aliphatic carbocycles. The molecule has 1 N–H and O–H groups in total. The molecule has 1 aliphatic rings. The third-order valence-corrected chi connectivity index (χ3v) is 4.33. The van der Waals surface area contributed by atoms with E-state index < -0.39 is 23.5 Å². The van der Waals surface area contributed by atoms with Gasteiger partial charge in [0.1, 0.15) is 23.9 Å². The van der Waals surface area contributed by atoms with Crippen LogP contribution in [0.25, 0.3) is 5.76 Å². The van der Waals surface area contributed by atoms with Gasteiger partial charge in [-0.05, 0) is 42.0 Å². The van der Waals surface area contributed by atoms with Gasteiger partial charge < -0.3 is 14.7 Å². The second kappa shape index (κ2) is 7.45. The maximum atomic E-state index is 13.2. The zero-order chi connectivity index (χ0) is 19.6. The van der Waals surface area contributed by atoms with Gasteiger partial charge in [-0.1, -0.05) is 24.8 Å². The first-order valence-electron chi connectivity index (χ1n) is 8.28. The number of ether oxygens (including phenoxy) is 1. The number of likely N-dealkylation sites (N-methyl/N-ethyl adjacent to an activating group) is 1. The molecule has 0 spiro atoms.